The van der Waals surface area contributed by atoms with Crippen LogP contribution >= 0.6 is 10.7 Å². The maximum atomic E-state index is 11.5. The highest BCUT2D eigenvalue weighted by molar-refractivity contribution is 8.13. The normalized spacial score (nSPS) is 11.8. The fourth-order valence-corrected chi connectivity index (χ4v) is 3.52. The Bertz CT molecular complexity index is 705. The highest BCUT2D eigenvalue weighted by Crippen LogP contribution is 2.26. The smallest absolute Gasteiger partial charge is 0.236 e. The minimum atomic E-state index is -3.78. The molecular formula is C12H13ClN2O2S. The van der Waals surface area contributed by atoms with Gasteiger partial charge in [-0.2, -0.15) is 5.10 Å². The van der Waals surface area contributed by atoms with Gasteiger partial charge < -0.3 is 0 Å². The van der Waals surface area contributed by atoms with Gasteiger partial charge in [0.1, 0.15) is 4.90 Å². The first-order valence-corrected chi connectivity index (χ1v) is 7.70. The molecule has 0 saturated carbocycles. The number of benzene rings is 1. The maximum absolute atomic E-state index is 11.5. The molecule has 1 aromatic heterocycles. The monoisotopic (exact) mass is 284 g/mol. The zero-order chi connectivity index (χ0) is 13.5. The molecule has 1 aromatic carbocycles. The number of aryl methyl sites for hydroxylation is 2. The lowest BCUT2D eigenvalue weighted by Crippen LogP contribution is -2.02. The summed E-state index contributed by atoms with van der Waals surface area (Å²) in [6, 6.07) is 7.64. The van der Waals surface area contributed by atoms with Crippen LogP contribution in [0.1, 0.15) is 17.0 Å². The molecule has 0 spiro atoms. The number of rotatable bonds is 2. The van der Waals surface area contributed by atoms with Crippen molar-refractivity contribution in [2.24, 2.45) is 0 Å². The van der Waals surface area contributed by atoms with Crippen molar-refractivity contribution >= 4 is 19.7 Å². The van der Waals surface area contributed by atoms with Gasteiger partial charge in [-0.25, -0.2) is 13.1 Å². The van der Waals surface area contributed by atoms with E-state index in [1.165, 1.54) is 0 Å². The second-order valence-corrected chi connectivity index (χ2v) is 6.64. The Morgan fingerprint density at radius 1 is 1.17 bits per heavy atom. The maximum Gasteiger partial charge on any atom is 0.264 e. The zero-order valence-electron chi connectivity index (χ0n) is 10.3. The molecule has 0 saturated heterocycles. The molecule has 0 aliphatic heterocycles. The fourth-order valence-electron chi connectivity index (χ4n) is 2.02. The van der Waals surface area contributed by atoms with Crippen molar-refractivity contribution in [1.82, 2.24) is 9.78 Å². The SMILES string of the molecule is Cc1ccccc1-n1nc(C)c(S(=O)(=O)Cl)c1C. The standard InChI is InChI=1S/C12H13ClN2O2S/c1-8-6-4-5-7-11(8)15-10(3)12(9(2)14-15)18(13,16)17/h4-7H,1-3H3. The molecule has 0 amide bonds. The van der Waals surface area contributed by atoms with E-state index in [9.17, 15) is 8.42 Å². The summed E-state index contributed by atoms with van der Waals surface area (Å²) in [7, 11) is 1.65. The van der Waals surface area contributed by atoms with Crippen LogP contribution in [0.4, 0.5) is 0 Å². The largest absolute Gasteiger partial charge is 0.264 e. The molecule has 1 heterocycles. The first-order chi connectivity index (χ1) is 8.32. The molecule has 0 atom stereocenters. The molecular weight excluding hydrogens is 272 g/mol. The first-order valence-electron chi connectivity index (χ1n) is 5.39. The van der Waals surface area contributed by atoms with E-state index in [-0.39, 0.29) is 4.90 Å². The van der Waals surface area contributed by atoms with Gasteiger partial charge in [-0.1, -0.05) is 18.2 Å². The predicted octanol–water partition coefficient (Wildman–Crippen LogP) is 2.73. The van der Waals surface area contributed by atoms with Gasteiger partial charge in [-0.15, -0.1) is 0 Å². The Hall–Kier alpha value is -1.33. The molecule has 0 fully saturated rings. The van der Waals surface area contributed by atoms with Gasteiger partial charge in [-0.3, -0.25) is 0 Å². The van der Waals surface area contributed by atoms with Crippen LogP contribution in [-0.2, 0) is 9.05 Å². The van der Waals surface area contributed by atoms with Crippen LogP contribution in [0.3, 0.4) is 0 Å². The van der Waals surface area contributed by atoms with Crippen molar-refractivity contribution in [3.05, 3.63) is 41.2 Å². The number of aromatic nitrogens is 2. The van der Waals surface area contributed by atoms with Gasteiger partial charge >= 0.3 is 0 Å². The lowest BCUT2D eigenvalue weighted by molar-refractivity contribution is 0.608. The second-order valence-electron chi connectivity index (χ2n) is 4.14. The van der Waals surface area contributed by atoms with Crippen molar-refractivity contribution in [3.63, 3.8) is 0 Å². The zero-order valence-corrected chi connectivity index (χ0v) is 11.9. The van der Waals surface area contributed by atoms with Crippen LogP contribution in [0.2, 0.25) is 0 Å². The molecule has 4 nitrogen and oxygen atoms in total. The summed E-state index contributed by atoms with van der Waals surface area (Å²) in [6.45, 7) is 5.28. The highest BCUT2D eigenvalue weighted by Gasteiger charge is 2.23. The molecule has 2 aromatic rings. The average molecular weight is 285 g/mol. The van der Waals surface area contributed by atoms with E-state index in [0.717, 1.165) is 11.3 Å². The van der Waals surface area contributed by atoms with Crippen molar-refractivity contribution in [3.8, 4) is 5.69 Å². The van der Waals surface area contributed by atoms with Crippen molar-refractivity contribution in [2.45, 2.75) is 25.7 Å². The number of para-hydroxylation sites is 1. The summed E-state index contributed by atoms with van der Waals surface area (Å²) in [5, 5.41) is 4.26. The molecule has 0 aliphatic rings. The molecule has 0 unspecified atom stereocenters. The first kappa shape index (κ1) is 13.1. The summed E-state index contributed by atoms with van der Waals surface area (Å²) in [6.07, 6.45) is 0. The third-order valence-electron chi connectivity index (χ3n) is 2.81. The van der Waals surface area contributed by atoms with E-state index in [1.807, 2.05) is 31.2 Å². The summed E-state index contributed by atoms with van der Waals surface area (Å²) in [5.41, 5.74) is 2.80. The summed E-state index contributed by atoms with van der Waals surface area (Å²) >= 11 is 0. The lowest BCUT2D eigenvalue weighted by Gasteiger charge is -2.07. The Balaban J connectivity index is 2.74. The second kappa shape index (κ2) is 4.40. The molecule has 2 rings (SSSR count). The number of halogens is 1. The third kappa shape index (κ3) is 2.15. The van der Waals surface area contributed by atoms with Gasteiger partial charge in [0.15, 0.2) is 0 Å². The topological polar surface area (TPSA) is 52.0 Å². The van der Waals surface area contributed by atoms with E-state index in [0.29, 0.717) is 11.4 Å². The van der Waals surface area contributed by atoms with Crippen LogP contribution in [0, 0.1) is 20.8 Å². The van der Waals surface area contributed by atoms with Gasteiger partial charge in [0.25, 0.3) is 9.05 Å². The number of hydrogen-bond acceptors (Lipinski definition) is 3. The predicted molar refractivity (Wildman–Crippen MR) is 70.8 cm³/mol. The van der Waals surface area contributed by atoms with E-state index in [2.05, 4.69) is 5.10 Å². The molecule has 0 radical (unpaired) electrons. The van der Waals surface area contributed by atoms with Gasteiger partial charge in [0.05, 0.1) is 17.1 Å². The number of nitrogens with zero attached hydrogens (tertiary/aromatic N) is 2. The highest BCUT2D eigenvalue weighted by atomic mass is 35.7. The van der Waals surface area contributed by atoms with Crippen LogP contribution in [0.15, 0.2) is 29.2 Å². The fraction of sp³-hybridized carbons (Fsp3) is 0.250. The van der Waals surface area contributed by atoms with Crippen molar-refractivity contribution in [2.75, 3.05) is 0 Å². The molecule has 0 aliphatic carbocycles. The average Bonchev–Trinajstić information content (AvgIpc) is 2.54. The lowest BCUT2D eigenvalue weighted by atomic mass is 10.2. The molecule has 0 bridgehead atoms. The third-order valence-corrected chi connectivity index (χ3v) is 4.35. The quantitative estimate of drug-likeness (QED) is 0.797. The summed E-state index contributed by atoms with van der Waals surface area (Å²) in [4.78, 5) is 0.0902. The van der Waals surface area contributed by atoms with Crippen LogP contribution in [-0.4, -0.2) is 18.2 Å². The molecule has 18 heavy (non-hydrogen) atoms. The molecule has 6 heteroatoms. The Morgan fingerprint density at radius 2 is 1.78 bits per heavy atom. The van der Waals surface area contributed by atoms with Crippen LogP contribution < -0.4 is 0 Å². The van der Waals surface area contributed by atoms with Gasteiger partial charge in [0.2, 0.25) is 0 Å². The minimum Gasteiger partial charge on any atom is -0.236 e. The van der Waals surface area contributed by atoms with E-state index >= 15 is 0 Å². The van der Waals surface area contributed by atoms with Gasteiger partial charge in [0, 0.05) is 10.7 Å². The molecule has 96 valence electrons. The molecule has 0 N–H and O–H groups in total. The summed E-state index contributed by atoms with van der Waals surface area (Å²) in [5.74, 6) is 0. The number of hydrogen-bond donors (Lipinski definition) is 0. The summed E-state index contributed by atoms with van der Waals surface area (Å²) < 4.78 is 24.6. The minimum absolute atomic E-state index is 0.0902. The van der Waals surface area contributed by atoms with E-state index < -0.39 is 9.05 Å². The van der Waals surface area contributed by atoms with Crippen LogP contribution in [0.5, 0.6) is 0 Å². The Morgan fingerprint density at radius 3 is 2.28 bits per heavy atom. The Kier molecular flexibility index (Phi) is 3.21. The van der Waals surface area contributed by atoms with Crippen molar-refractivity contribution < 1.29 is 8.42 Å². The van der Waals surface area contributed by atoms with E-state index in [1.54, 1.807) is 18.5 Å². The van der Waals surface area contributed by atoms with Crippen LogP contribution in [0.25, 0.3) is 5.69 Å². The Labute approximate surface area is 111 Å². The van der Waals surface area contributed by atoms with Gasteiger partial charge in [-0.05, 0) is 32.4 Å². The van der Waals surface area contributed by atoms with Crippen molar-refractivity contribution in [1.29, 1.82) is 0 Å². The van der Waals surface area contributed by atoms with E-state index in [4.69, 9.17) is 10.7 Å².